The van der Waals surface area contributed by atoms with E-state index < -0.39 is 0 Å². The number of hydrogen-bond acceptors (Lipinski definition) is 4. The Morgan fingerprint density at radius 2 is 2.43 bits per heavy atom. The molecule has 0 saturated heterocycles. The summed E-state index contributed by atoms with van der Waals surface area (Å²) in [6.07, 6.45) is 3.58. The summed E-state index contributed by atoms with van der Waals surface area (Å²) in [5.41, 5.74) is 6.11. The predicted octanol–water partition coefficient (Wildman–Crippen LogP) is 2.29. The van der Waals surface area contributed by atoms with Crippen molar-refractivity contribution in [2.45, 2.75) is 19.3 Å². The third-order valence-corrected chi connectivity index (χ3v) is 3.25. The van der Waals surface area contributed by atoms with Crippen LogP contribution in [0.2, 0.25) is 0 Å². The highest BCUT2D eigenvalue weighted by atomic mass is 32.1. The molecule has 0 atom stereocenters. The number of nitrogens with two attached hydrogens (primary N) is 1. The van der Waals surface area contributed by atoms with E-state index in [9.17, 15) is 4.79 Å². The molecule has 2 N–H and O–H groups in total. The maximum Gasteiger partial charge on any atom is 0.350 e. The van der Waals surface area contributed by atoms with Gasteiger partial charge in [0.1, 0.15) is 4.88 Å². The maximum atomic E-state index is 11.4. The van der Waals surface area contributed by atoms with Gasteiger partial charge in [-0.2, -0.15) is 0 Å². The van der Waals surface area contributed by atoms with Gasteiger partial charge in [-0.15, -0.1) is 11.3 Å². The normalized spacial score (nSPS) is 15.4. The van der Waals surface area contributed by atoms with E-state index in [-0.39, 0.29) is 5.97 Å². The smallest absolute Gasteiger partial charge is 0.350 e. The van der Waals surface area contributed by atoms with Crippen molar-refractivity contribution in [2.75, 3.05) is 12.3 Å². The number of carbonyl (C=O) groups excluding carboxylic acids is 1. The van der Waals surface area contributed by atoms with Crippen molar-refractivity contribution >= 4 is 23.0 Å². The molecule has 0 spiro atoms. The van der Waals surface area contributed by atoms with E-state index in [0.29, 0.717) is 17.2 Å². The highest BCUT2D eigenvalue weighted by Crippen LogP contribution is 2.32. The standard InChI is InChI=1S/C10H13NO2S/c11-8-4-6-14-9(8)10(12)13-5-3-7-1-2-7/h4,6-7H,1-3,5,11H2. The fourth-order valence-electron chi connectivity index (χ4n) is 1.28. The monoisotopic (exact) mass is 211 g/mol. The molecule has 3 nitrogen and oxygen atoms in total. The third kappa shape index (κ3) is 2.26. The van der Waals surface area contributed by atoms with Crippen molar-refractivity contribution in [1.29, 1.82) is 0 Å². The average Bonchev–Trinajstić information content (AvgIpc) is 2.87. The Morgan fingerprint density at radius 3 is 3.00 bits per heavy atom. The van der Waals surface area contributed by atoms with Gasteiger partial charge in [0.15, 0.2) is 0 Å². The lowest BCUT2D eigenvalue weighted by molar-refractivity contribution is 0.0502. The second-order valence-electron chi connectivity index (χ2n) is 3.57. The highest BCUT2D eigenvalue weighted by Gasteiger charge is 2.21. The van der Waals surface area contributed by atoms with Crippen LogP contribution >= 0.6 is 11.3 Å². The molecule has 0 bridgehead atoms. The zero-order valence-electron chi connectivity index (χ0n) is 7.86. The molecule has 0 unspecified atom stereocenters. The van der Waals surface area contributed by atoms with Gasteiger partial charge in [-0.05, 0) is 23.8 Å². The Bertz CT molecular complexity index is 331. The van der Waals surface area contributed by atoms with E-state index in [0.717, 1.165) is 12.3 Å². The van der Waals surface area contributed by atoms with Crippen molar-refractivity contribution in [3.63, 3.8) is 0 Å². The molecule has 1 saturated carbocycles. The summed E-state index contributed by atoms with van der Waals surface area (Å²) in [4.78, 5) is 12.0. The van der Waals surface area contributed by atoms with Crippen molar-refractivity contribution in [1.82, 2.24) is 0 Å². The summed E-state index contributed by atoms with van der Waals surface area (Å²) < 4.78 is 5.11. The molecule has 1 aromatic heterocycles. The second kappa shape index (κ2) is 4.00. The van der Waals surface area contributed by atoms with Gasteiger partial charge in [0.05, 0.1) is 12.3 Å². The van der Waals surface area contributed by atoms with Crippen LogP contribution in [-0.4, -0.2) is 12.6 Å². The molecule has 1 aromatic rings. The van der Waals surface area contributed by atoms with E-state index in [2.05, 4.69) is 0 Å². The van der Waals surface area contributed by atoms with Crippen molar-refractivity contribution < 1.29 is 9.53 Å². The van der Waals surface area contributed by atoms with Gasteiger partial charge in [-0.1, -0.05) is 12.8 Å². The largest absolute Gasteiger partial charge is 0.461 e. The van der Waals surface area contributed by atoms with Crippen molar-refractivity contribution in [3.05, 3.63) is 16.3 Å². The minimum absolute atomic E-state index is 0.279. The first-order chi connectivity index (χ1) is 6.77. The Balaban J connectivity index is 1.79. The number of ether oxygens (including phenoxy) is 1. The lowest BCUT2D eigenvalue weighted by Gasteiger charge is -2.02. The van der Waals surface area contributed by atoms with Gasteiger partial charge < -0.3 is 10.5 Å². The van der Waals surface area contributed by atoms with Gasteiger partial charge in [0, 0.05) is 0 Å². The number of esters is 1. The number of anilines is 1. The van der Waals surface area contributed by atoms with Crippen LogP contribution < -0.4 is 5.73 Å². The van der Waals surface area contributed by atoms with Gasteiger partial charge in [0.2, 0.25) is 0 Å². The molecule has 1 fully saturated rings. The molecule has 1 heterocycles. The zero-order valence-corrected chi connectivity index (χ0v) is 8.68. The number of rotatable bonds is 4. The number of carbonyl (C=O) groups is 1. The topological polar surface area (TPSA) is 52.3 Å². The maximum absolute atomic E-state index is 11.4. The molecule has 1 aliphatic rings. The van der Waals surface area contributed by atoms with Crippen LogP contribution in [0.4, 0.5) is 5.69 Å². The molecular weight excluding hydrogens is 198 g/mol. The summed E-state index contributed by atoms with van der Waals surface area (Å²) in [7, 11) is 0. The van der Waals surface area contributed by atoms with Crippen LogP contribution in [0.5, 0.6) is 0 Å². The fraction of sp³-hybridized carbons (Fsp3) is 0.500. The predicted molar refractivity (Wildman–Crippen MR) is 56.4 cm³/mol. The molecule has 0 aromatic carbocycles. The Kier molecular flexibility index (Phi) is 2.72. The van der Waals surface area contributed by atoms with Crippen LogP contribution in [0.15, 0.2) is 11.4 Å². The number of hydrogen-bond donors (Lipinski definition) is 1. The van der Waals surface area contributed by atoms with E-state index >= 15 is 0 Å². The van der Waals surface area contributed by atoms with Crippen molar-refractivity contribution in [3.8, 4) is 0 Å². The van der Waals surface area contributed by atoms with E-state index in [1.807, 2.05) is 0 Å². The molecule has 0 radical (unpaired) electrons. The average molecular weight is 211 g/mol. The Morgan fingerprint density at radius 1 is 1.64 bits per heavy atom. The van der Waals surface area contributed by atoms with E-state index in [4.69, 9.17) is 10.5 Å². The lowest BCUT2D eigenvalue weighted by atomic mass is 10.3. The van der Waals surface area contributed by atoms with Gasteiger partial charge in [-0.3, -0.25) is 0 Å². The SMILES string of the molecule is Nc1ccsc1C(=O)OCCC1CC1. The number of thiophene rings is 1. The van der Waals surface area contributed by atoms with Crippen LogP contribution in [0.25, 0.3) is 0 Å². The van der Waals surface area contributed by atoms with Crippen molar-refractivity contribution in [2.24, 2.45) is 5.92 Å². The summed E-state index contributed by atoms with van der Waals surface area (Å²) in [5.74, 6) is 0.515. The van der Waals surface area contributed by atoms with Gasteiger partial charge in [0.25, 0.3) is 0 Å². The molecule has 76 valence electrons. The minimum Gasteiger partial charge on any atom is -0.461 e. The Labute approximate surface area is 86.9 Å². The van der Waals surface area contributed by atoms with Gasteiger partial charge >= 0.3 is 5.97 Å². The summed E-state index contributed by atoms with van der Waals surface area (Å²) in [6, 6.07) is 1.72. The first-order valence-electron chi connectivity index (χ1n) is 4.77. The molecular formula is C10H13NO2S. The fourth-order valence-corrected chi connectivity index (χ4v) is 1.99. The quantitative estimate of drug-likeness (QED) is 0.777. The number of nitrogen functional groups attached to an aromatic ring is 1. The summed E-state index contributed by atoms with van der Waals surface area (Å²) in [6.45, 7) is 0.529. The van der Waals surface area contributed by atoms with Crippen LogP contribution in [0.1, 0.15) is 28.9 Å². The first kappa shape index (κ1) is 9.52. The molecule has 14 heavy (non-hydrogen) atoms. The zero-order chi connectivity index (χ0) is 9.97. The van der Waals surface area contributed by atoms with Crippen LogP contribution in [0.3, 0.4) is 0 Å². The third-order valence-electron chi connectivity index (χ3n) is 2.34. The summed E-state index contributed by atoms with van der Waals surface area (Å²) in [5, 5.41) is 1.80. The lowest BCUT2D eigenvalue weighted by Crippen LogP contribution is -2.06. The Hall–Kier alpha value is -1.03. The van der Waals surface area contributed by atoms with Crippen LogP contribution in [-0.2, 0) is 4.74 Å². The first-order valence-corrected chi connectivity index (χ1v) is 5.65. The van der Waals surface area contributed by atoms with E-state index in [1.165, 1.54) is 24.2 Å². The molecule has 4 heteroatoms. The highest BCUT2D eigenvalue weighted by molar-refractivity contribution is 7.12. The van der Waals surface area contributed by atoms with Crippen LogP contribution in [0, 0.1) is 5.92 Å². The van der Waals surface area contributed by atoms with Gasteiger partial charge in [-0.25, -0.2) is 4.79 Å². The second-order valence-corrected chi connectivity index (χ2v) is 4.49. The molecule has 2 rings (SSSR count). The molecule has 0 amide bonds. The summed E-state index contributed by atoms with van der Waals surface area (Å²) >= 11 is 1.33. The minimum atomic E-state index is -0.279. The molecule has 1 aliphatic carbocycles. The molecule has 0 aliphatic heterocycles. The van der Waals surface area contributed by atoms with E-state index in [1.54, 1.807) is 11.4 Å².